The van der Waals surface area contributed by atoms with Gasteiger partial charge in [0.25, 0.3) is 0 Å². The molecule has 1 spiro atoms. The Labute approximate surface area is 95.2 Å². The largest absolute Gasteiger partial charge is 0.353 e. The maximum atomic E-state index is 12.0. The summed E-state index contributed by atoms with van der Waals surface area (Å²) < 4.78 is 0. The molecule has 1 saturated heterocycles. The summed E-state index contributed by atoms with van der Waals surface area (Å²) in [4.78, 5) is 12.0. The Kier molecular flexibility index (Phi) is 2.21. The zero-order valence-electron chi connectivity index (χ0n) is 9.25. The maximum Gasteiger partial charge on any atom is 0.240 e. The van der Waals surface area contributed by atoms with Gasteiger partial charge in [0.1, 0.15) is 5.54 Å². The third kappa shape index (κ3) is 1.43. The zero-order valence-corrected chi connectivity index (χ0v) is 9.25. The average Bonchev–Trinajstić information content (AvgIpc) is 2.33. The maximum absolute atomic E-state index is 12.0. The first-order valence-electron chi connectivity index (χ1n) is 5.90. The fraction of sp³-hybridized carbons (Fsp3) is 0.462. The van der Waals surface area contributed by atoms with Gasteiger partial charge in [0.05, 0.1) is 0 Å². The van der Waals surface area contributed by atoms with Crippen molar-refractivity contribution in [1.29, 1.82) is 0 Å². The van der Waals surface area contributed by atoms with Crippen molar-refractivity contribution in [2.24, 2.45) is 0 Å². The molecule has 1 aliphatic carbocycles. The van der Waals surface area contributed by atoms with Crippen LogP contribution in [0.25, 0.3) is 0 Å². The van der Waals surface area contributed by atoms with Gasteiger partial charge < -0.3 is 10.6 Å². The van der Waals surface area contributed by atoms with Gasteiger partial charge >= 0.3 is 0 Å². The number of carbonyl (C=O) groups is 1. The number of piperazine rings is 1. The Bertz CT molecular complexity index is 430. The number of fused-ring (bicyclic) bond motifs is 1. The Hall–Kier alpha value is -1.35. The number of carbonyl (C=O) groups excluding carboxylic acids is 1. The number of amides is 1. The second-order valence-corrected chi connectivity index (χ2v) is 4.71. The third-order valence-corrected chi connectivity index (χ3v) is 3.74. The molecule has 1 heterocycles. The van der Waals surface area contributed by atoms with E-state index in [0.29, 0.717) is 0 Å². The monoisotopic (exact) mass is 216 g/mol. The van der Waals surface area contributed by atoms with E-state index in [2.05, 4.69) is 34.9 Å². The summed E-state index contributed by atoms with van der Waals surface area (Å²) in [5.74, 6) is 0.174. The van der Waals surface area contributed by atoms with Crippen molar-refractivity contribution in [3.63, 3.8) is 0 Å². The van der Waals surface area contributed by atoms with E-state index in [1.807, 2.05) is 0 Å². The molecule has 0 saturated carbocycles. The molecule has 3 rings (SSSR count). The highest BCUT2D eigenvalue weighted by atomic mass is 16.2. The lowest BCUT2D eigenvalue weighted by molar-refractivity contribution is -0.129. The standard InChI is InChI=1S/C13H16N2O/c16-12-13(15-8-7-14-12)6-5-10-3-1-2-4-11(10)9-13/h1-4,15H,5-9H2,(H,14,16). The van der Waals surface area contributed by atoms with Crippen molar-refractivity contribution < 1.29 is 4.79 Å². The van der Waals surface area contributed by atoms with E-state index < -0.39 is 0 Å². The minimum Gasteiger partial charge on any atom is -0.353 e. The topological polar surface area (TPSA) is 41.1 Å². The SMILES string of the molecule is O=C1NCCNC12CCc1ccccc1C2. The van der Waals surface area contributed by atoms with Crippen LogP contribution >= 0.6 is 0 Å². The van der Waals surface area contributed by atoms with Crippen molar-refractivity contribution in [3.05, 3.63) is 35.4 Å². The van der Waals surface area contributed by atoms with E-state index in [-0.39, 0.29) is 11.4 Å². The van der Waals surface area contributed by atoms with Crippen LogP contribution in [-0.2, 0) is 17.6 Å². The Morgan fingerprint density at radius 1 is 1.12 bits per heavy atom. The first-order chi connectivity index (χ1) is 7.80. The van der Waals surface area contributed by atoms with Gasteiger partial charge in [0.15, 0.2) is 0 Å². The minimum absolute atomic E-state index is 0.174. The summed E-state index contributed by atoms with van der Waals surface area (Å²) in [5.41, 5.74) is 2.37. The van der Waals surface area contributed by atoms with Crippen molar-refractivity contribution >= 4 is 5.91 Å². The van der Waals surface area contributed by atoms with Crippen LogP contribution in [0.15, 0.2) is 24.3 Å². The van der Waals surface area contributed by atoms with Crippen LogP contribution in [0.2, 0.25) is 0 Å². The molecule has 1 amide bonds. The van der Waals surface area contributed by atoms with Gasteiger partial charge in [0, 0.05) is 13.1 Å². The summed E-state index contributed by atoms with van der Waals surface area (Å²) in [7, 11) is 0. The Morgan fingerprint density at radius 3 is 2.75 bits per heavy atom. The predicted molar refractivity (Wildman–Crippen MR) is 62.2 cm³/mol. The van der Waals surface area contributed by atoms with Crippen LogP contribution in [0.5, 0.6) is 0 Å². The number of aryl methyl sites for hydroxylation is 1. The summed E-state index contributed by atoms with van der Waals surface area (Å²) in [5, 5.41) is 6.38. The van der Waals surface area contributed by atoms with E-state index in [4.69, 9.17) is 0 Å². The highest BCUT2D eigenvalue weighted by Gasteiger charge is 2.42. The molecule has 2 aliphatic rings. The zero-order chi connectivity index (χ0) is 11.0. The van der Waals surface area contributed by atoms with Crippen LogP contribution < -0.4 is 10.6 Å². The molecule has 1 aromatic carbocycles. The molecule has 1 aliphatic heterocycles. The number of rotatable bonds is 0. The molecule has 0 radical (unpaired) electrons. The van der Waals surface area contributed by atoms with Gasteiger partial charge in [-0.1, -0.05) is 24.3 Å². The summed E-state index contributed by atoms with van der Waals surface area (Å²) in [6, 6.07) is 8.44. The summed E-state index contributed by atoms with van der Waals surface area (Å²) >= 11 is 0. The molecule has 1 aromatic rings. The van der Waals surface area contributed by atoms with E-state index in [1.165, 1.54) is 11.1 Å². The Morgan fingerprint density at radius 2 is 1.94 bits per heavy atom. The second-order valence-electron chi connectivity index (χ2n) is 4.71. The first-order valence-corrected chi connectivity index (χ1v) is 5.90. The highest BCUT2D eigenvalue weighted by Crippen LogP contribution is 2.29. The van der Waals surface area contributed by atoms with Gasteiger partial charge in [-0.2, -0.15) is 0 Å². The molecule has 16 heavy (non-hydrogen) atoms. The molecular formula is C13H16N2O. The molecule has 0 bridgehead atoms. The molecule has 0 aromatic heterocycles. The summed E-state index contributed by atoms with van der Waals surface area (Å²) in [6.07, 6.45) is 2.74. The highest BCUT2D eigenvalue weighted by molar-refractivity contribution is 5.87. The smallest absolute Gasteiger partial charge is 0.240 e. The van der Waals surface area contributed by atoms with E-state index in [9.17, 15) is 4.79 Å². The molecule has 1 unspecified atom stereocenters. The van der Waals surface area contributed by atoms with Gasteiger partial charge in [-0.25, -0.2) is 0 Å². The fourth-order valence-corrected chi connectivity index (χ4v) is 2.81. The number of hydrogen-bond acceptors (Lipinski definition) is 2. The molecule has 1 atom stereocenters. The van der Waals surface area contributed by atoms with E-state index >= 15 is 0 Å². The van der Waals surface area contributed by atoms with Crippen LogP contribution in [0.4, 0.5) is 0 Å². The van der Waals surface area contributed by atoms with Crippen molar-refractivity contribution in [2.75, 3.05) is 13.1 Å². The van der Waals surface area contributed by atoms with E-state index in [0.717, 1.165) is 32.4 Å². The van der Waals surface area contributed by atoms with Crippen molar-refractivity contribution in [2.45, 2.75) is 24.8 Å². The number of hydrogen-bond donors (Lipinski definition) is 2. The molecule has 2 N–H and O–H groups in total. The van der Waals surface area contributed by atoms with Crippen LogP contribution in [0, 0.1) is 0 Å². The quantitative estimate of drug-likeness (QED) is 0.668. The van der Waals surface area contributed by atoms with Crippen LogP contribution in [0.3, 0.4) is 0 Å². The van der Waals surface area contributed by atoms with Gasteiger partial charge in [-0.15, -0.1) is 0 Å². The van der Waals surface area contributed by atoms with Crippen LogP contribution in [-0.4, -0.2) is 24.5 Å². The minimum atomic E-state index is -0.341. The molecular weight excluding hydrogens is 200 g/mol. The molecule has 3 heteroatoms. The fourth-order valence-electron chi connectivity index (χ4n) is 2.81. The first kappa shape index (κ1) is 9.85. The molecule has 84 valence electrons. The lowest BCUT2D eigenvalue weighted by Crippen LogP contribution is -2.65. The van der Waals surface area contributed by atoms with Crippen LogP contribution in [0.1, 0.15) is 17.5 Å². The molecule has 3 nitrogen and oxygen atoms in total. The van der Waals surface area contributed by atoms with Crippen molar-refractivity contribution in [1.82, 2.24) is 10.6 Å². The lowest BCUT2D eigenvalue weighted by Gasteiger charge is -2.40. The second kappa shape index (κ2) is 3.59. The summed E-state index contributed by atoms with van der Waals surface area (Å²) in [6.45, 7) is 1.64. The van der Waals surface area contributed by atoms with Gasteiger partial charge in [-0.3, -0.25) is 4.79 Å². The predicted octanol–water partition coefficient (Wildman–Crippen LogP) is 0.633. The van der Waals surface area contributed by atoms with Gasteiger partial charge in [-0.05, 0) is 30.4 Å². The van der Waals surface area contributed by atoms with Gasteiger partial charge in [0.2, 0.25) is 5.91 Å². The molecule has 1 fully saturated rings. The normalized spacial score (nSPS) is 28.6. The number of benzene rings is 1. The van der Waals surface area contributed by atoms with E-state index in [1.54, 1.807) is 0 Å². The average molecular weight is 216 g/mol. The van der Waals surface area contributed by atoms with Crippen molar-refractivity contribution in [3.8, 4) is 0 Å². The number of nitrogens with one attached hydrogen (secondary N) is 2. The third-order valence-electron chi connectivity index (χ3n) is 3.74. The lowest BCUT2D eigenvalue weighted by atomic mass is 9.76. The Balaban J connectivity index is 1.94.